The fourth-order valence-corrected chi connectivity index (χ4v) is 3.50. The summed E-state index contributed by atoms with van der Waals surface area (Å²) in [6.07, 6.45) is 2.55. The molecule has 0 radical (unpaired) electrons. The summed E-state index contributed by atoms with van der Waals surface area (Å²) in [5, 5.41) is 10.3. The van der Waals surface area contributed by atoms with Crippen LogP contribution in [-0.4, -0.2) is 30.2 Å². The van der Waals surface area contributed by atoms with Crippen molar-refractivity contribution in [2.75, 3.05) is 20.2 Å². The van der Waals surface area contributed by atoms with Crippen LogP contribution in [0, 0.1) is 0 Å². The van der Waals surface area contributed by atoms with E-state index in [-0.39, 0.29) is 22.5 Å². The molecule has 1 fully saturated rings. The number of fused-ring (bicyclic) bond motifs is 1. The van der Waals surface area contributed by atoms with Gasteiger partial charge in [-0.25, -0.2) is 0 Å². The summed E-state index contributed by atoms with van der Waals surface area (Å²) in [4.78, 5) is 14.9. The van der Waals surface area contributed by atoms with E-state index in [1.54, 1.807) is 6.07 Å². The minimum absolute atomic E-state index is 0.0544. The lowest BCUT2D eigenvalue weighted by atomic mass is 10.1. The van der Waals surface area contributed by atoms with Crippen molar-refractivity contribution >= 4 is 11.0 Å². The zero-order valence-electron chi connectivity index (χ0n) is 14.7. The Morgan fingerprint density at radius 1 is 1.12 bits per heavy atom. The van der Waals surface area contributed by atoms with Crippen molar-refractivity contribution in [2.45, 2.75) is 19.4 Å². The third kappa shape index (κ3) is 3.06. The molecule has 0 unspecified atom stereocenters. The van der Waals surface area contributed by atoms with Gasteiger partial charge in [0.05, 0.1) is 12.5 Å². The standard InChI is InChI=1S/C21H21NO4/c1-25-21-17(23)9-8-16-18(24)12-19(26-20(16)21)15-6-4-14(5-7-15)13-22-10-2-3-11-22/h4-9,12,23H,2-3,10-11,13H2,1H3. The van der Waals surface area contributed by atoms with Crippen molar-refractivity contribution in [3.8, 4) is 22.8 Å². The molecular formula is C21H21NO4. The van der Waals surface area contributed by atoms with E-state index in [9.17, 15) is 9.90 Å². The van der Waals surface area contributed by atoms with Crippen LogP contribution < -0.4 is 10.2 Å². The molecule has 2 heterocycles. The summed E-state index contributed by atoms with van der Waals surface area (Å²) in [6, 6.07) is 12.5. The number of aromatic hydroxyl groups is 1. The number of phenolic OH excluding ortho intramolecular Hbond substituents is 1. The third-order valence-electron chi connectivity index (χ3n) is 4.88. The average molecular weight is 351 g/mol. The molecule has 0 aliphatic carbocycles. The van der Waals surface area contributed by atoms with Gasteiger partial charge < -0.3 is 14.3 Å². The number of benzene rings is 2. The Bertz CT molecular complexity index is 985. The number of hydrogen-bond acceptors (Lipinski definition) is 5. The average Bonchev–Trinajstić information content (AvgIpc) is 3.15. The molecule has 1 aliphatic heterocycles. The second-order valence-corrected chi connectivity index (χ2v) is 6.65. The molecule has 2 aromatic carbocycles. The molecule has 0 atom stereocenters. The van der Waals surface area contributed by atoms with Crippen LogP contribution in [0.4, 0.5) is 0 Å². The maximum absolute atomic E-state index is 12.4. The topological polar surface area (TPSA) is 62.9 Å². The van der Waals surface area contributed by atoms with Crippen molar-refractivity contribution in [2.24, 2.45) is 0 Å². The van der Waals surface area contributed by atoms with E-state index in [0.717, 1.165) is 25.2 Å². The molecule has 26 heavy (non-hydrogen) atoms. The predicted molar refractivity (Wildman–Crippen MR) is 101 cm³/mol. The highest BCUT2D eigenvalue weighted by atomic mass is 16.5. The van der Waals surface area contributed by atoms with Crippen molar-refractivity contribution in [3.05, 3.63) is 58.3 Å². The molecule has 4 rings (SSSR count). The van der Waals surface area contributed by atoms with Gasteiger partial charge in [-0.3, -0.25) is 9.69 Å². The van der Waals surface area contributed by atoms with E-state index in [1.807, 2.05) is 12.1 Å². The lowest BCUT2D eigenvalue weighted by Crippen LogP contribution is -2.18. The third-order valence-corrected chi connectivity index (χ3v) is 4.88. The van der Waals surface area contributed by atoms with Gasteiger partial charge >= 0.3 is 0 Å². The van der Waals surface area contributed by atoms with Crippen molar-refractivity contribution < 1.29 is 14.3 Å². The van der Waals surface area contributed by atoms with Gasteiger partial charge in [0, 0.05) is 18.2 Å². The smallest absolute Gasteiger partial charge is 0.204 e. The zero-order chi connectivity index (χ0) is 18.1. The van der Waals surface area contributed by atoms with Crippen LogP contribution in [-0.2, 0) is 6.54 Å². The Hall–Kier alpha value is -2.79. The summed E-state index contributed by atoms with van der Waals surface area (Å²) in [7, 11) is 1.44. The highest BCUT2D eigenvalue weighted by Gasteiger charge is 2.15. The molecule has 134 valence electrons. The van der Waals surface area contributed by atoms with E-state index in [4.69, 9.17) is 9.15 Å². The molecule has 1 aliphatic rings. The molecular weight excluding hydrogens is 330 g/mol. The Labute approximate surface area is 151 Å². The lowest BCUT2D eigenvalue weighted by Gasteiger charge is -2.14. The maximum atomic E-state index is 12.4. The van der Waals surface area contributed by atoms with Crippen LogP contribution in [0.1, 0.15) is 18.4 Å². The number of methoxy groups -OCH3 is 1. The summed E-state index contributed by atoms with van der Waals surface area (Å²) >= 11 is 0. The van der Waals surface area contributed by atoms with Gasteiger partial charge in [-0.2, -0.15) is 0 Å². The second-order valence-electron chi connectivity index (χ2n) is 6.65. The van der Waals surface area contributed by atoms with Crippen molar-refractivity contribution in [3.63, 3.8) is 0 Å². The van der Waals surface area contributed by atoms with Gasteiger partial charge in [0.1, 0.15) is 5.76 Å². The van der Waals surface area contributed by atoms with Gasteiger partial charge in [0.25, 0.3) is 0 Å². The first-order chi connectivity index (χ1) is 12.7. The van der Waals surface area contributed by atoms with Crippen LogP contribution >= 0.6 is 0 Å². The summed E-state index contributed by atoms with van der Waals surface area (Å²) in [5.74, 6) is 0.576. The molecule has 1 saturated heterocycles. The molecule has 0 amide bonds. The first-order valence-electron chi connectivity index (χ1n) is 8.81. The maximum Gasteiger partial charge on any atom is 0.204 e. The highest BCUT2D eigenvalue weighted by Crippen LogP contribution is 2.35. The van der Waals surface area contributed by atoms with Gasteiger partial charge in [0.15, 0.2) is 16.8 Å². The highest BCUT2D eigenvalue weighted by molar-refractivity contribution is 5.86. The van der Waals surface area contributed by atoms with Gasteiger partial charge in [-0.1, -0.05) is 24.3 Å². The van der Waals surface area contributed by atoms with Crippen LogP contribution in [0.3, 0.4) is 0 Å². The number of hydrogen-bond donors (Lipinski definition) is 1. The number of rotatable bonds is 4. The first kappa shape index (κ1) is 16.7. The Kier molecular flexibility index (Phi) is 4.39. The summed E-state index contributed by atoms with van der Waals surface area (Å²) in [6.45, 7) is 3.26. The predicted octanol–water partition coefficient (Wildman–Crippen LogP) is 3.77. The zero-order valence-corrected chi connectivity index (χ0v) is 14.7. The minimum atomic E-state index is -0.166. The van der Waals surface area contributed by atoms with Crippen LogP contribution in [0.25, 0.3) is 22.3 Å². The van der Waals surface area contributed by atoms with Gasteiger partial charge in [-0.15, -0.1) is 0 Å². The van der Waals surface area contributed by atoms with Gasteiger partial charge in [-0.05, 0) is 43.6 Å². The molecule has 0 bridgehead atoms. The number of phenols is 1. The molecule has 3 aromatic rings. The van der Waals surface area contributed by atoms with E-state index in [2.05, 4.69) is 17.0 Å². The monoisotopic (exact) mass is 351 g/mol. The fourth-order valence-electron chi connectivity index (χ4n) is 3.50. The Morgan fingerprint density at radius 3 is 2.54 bits per heavy atom. The Balaban J connectivity index is 1.70. The van der Waals surface area contributed by atoms with Crippen LogP contribution in [0.2, 0.25) is 0 Å². The largest absolute Gasteiger partial charge is 0.504 e. The molecule has 0 saturated carbocycles. The molecule has 0 spiro atoms. The number of ether oxygens (including phenoxy) is 1. The summed E-state index contributed by atoms with van der Waals surface area (Å²) < 4.78 is 11.1. The number of nitrogens with zero attached hydrogens (tertiary/aromatic N) is 1. The second kappa shape index (κ2) is 6.84. The summed E-state index contributed by atoms with van der Waals surface area (Å²) in [5.41, 5.74) is 2.16. The molecule has 5 nitrogen and oxygen atoms in total. The normalized spacial score (nSPS) is 14.8. The van der Waals surface area contributed by atoms with E-state index < -0.39 is 0 Å². The van der Waals surface area contributed by atoms with Crippen LogP contribution in [0.15, 0.2) is 51.7 Å². The fraction of sp³-hybridized carbons (Fsp3) is 0.286. The molecule has 1 aromatic heterocycles. The van der Waals surface area contributed by atoms with Crippen molar-refractivity contribution in [1.82, 2.24) is 4.90 Å². The van der Waals surface area contributed by atoms with E-state index in [0.29, 0.717) is 11.1 Å². The Morgan fingerprint density at radius 2 is 1.85 bits per heavy atom. The molecule has 1 N–H and O–H groups in total. The van der Waals surface area contributed by atoms with E-state index >= 15 is 0 Å². The lowest BCUT2D eigenvalue weighted by molar-refractivity contribution is 0.331. The van der Waals surface area contributed by atoms with Crippen molar-refractivity contribution in [1.29, 1.82) is 0 Å². The first-order valence-corrected chi connectivity index (χ1v) is 8.81. The van der Waals surface area contributed by atoms with Gasteiger partial charge in [0.2, 0.25) is 5.75 Å². The molecule has 5 heteroatoms. The van der Waals surface area contributed by atoms with E-state index in [1.165, 1.54) is 37.6 Å². The number of likely N-dealkylation sites (tertiary alicyclic amines) is 1. The quantitative estimate of drug-likeness (QED) is 0.775. The minimum Gasteiger partial charge on any atom is -0.504 e. The van der Waals surface area contributed by atoms with Crippen LogP contribution in [0.5, 0.6) is 11.5 Å². The SMILES string of the molecule is COc1c(O)ccc2c(=O)cc(-c3ccc(CN4CCCC4)cc3)oc12.